The third-order valence-corrected chi connectivity index (χ3v) is 2.02. The number of carbonyl (C=O) groups is 1. The minimum atomic E-state index is -0.322. The van der Waals surface area contributed by atoms with Gasteiger partial charge < -0.3 is 15.8 Å². The molecule has 1 unspecified atom stereocenters. The van der Waals surface area contributed by atoms with Crippen LogP contribution >= 0.6 is 0 Å². The van der Waals surface area contributed by atoms with Crippen molar-refractivity contribution in [3.05, 3.63) is 22.5 Å². The van der Waals surface area contributed by atoms with Crippen molar-refractivity contribution in [1.29, 1.82) is 0 Å². The topological polar surface area (TPSA) is 110 Å². The Balaban J connectivity index is 2.48. The number of nitrogens with zero attached hydrogens (tertiary/aromatic N) is 1. The number of hydrogen-bond donors (Lipinski definition) is 3. The van der Waals surface area contributed by atoms with Crippen LogP contribution in [0.1, 0.15) is 13.3 Å². The molecule has 0 aromatic carbocycles. The van der Waals surface area contributed by atoms with Crippen molar-refractivity contribution in [2.24, 2.45) is 5.73 Å². The molecule has 1 atom stereocenters. The van der Waals surface area contributed by atoms with Gasteiger partial charge in [0.25, 0.3) is 5.56 Å². The van der Waals surface area contributed by atoms with Gasteiger partial charge in [-0.25, -0.2) is 5.10 Å². The third-order valence-electron chi connectivity index (χ3n) is 2.02. The summed E-state index contributed by atoms with van der Waals surface area (Å²) in [7, 11) is 0. The average molecular weight is 240 g/mol. The van der Waals surface area contributed by atoms with Gasteiger partial charge in [-0.1, -0.05) is 0 Å². The van der Waals surface area contributed by atoms with Gasteiger partial charge in [0, 0.05) is 19.2 Å². The summed E-state index contributed by atoms with van der Waals surface area (Å²) < 4.78 is 5.25. The number of nitrogens with two attached hydrogens (primary N) is 1. The second-order valence-corrected chi connectivity index (χ2v) is 3.37. The van der Waals surface area contributed by atoms with E-state index in [4.69, 9.17) is 10.5 Å². The zero-order valence-electron chi connectivity index (χ0n) is 9.60. The molecule has 1 amide bonds. The van der Waals surface area contributed by atoms with Crippen LogP contribution in [-0.4, -0.2) is 35.4 Å². The van der Waals surface area contributed by atoms with Crippen LogP contribution in [0, 0.1) is 0 Å². The normalized spacial score (nSPS) is 12.1. The van der Waals surface area contributed by atoms with Crippen molar-refractivity contribution >= 4 is 11.7 Å². The molecule has 17 heavy (non-hydrogen) atoms. The Bertz CT molecular complexity index is 398. The van der Waals surface area contributed by atoms with Crippen LogP contribution in [0.25, 0.3) is 0 Å². The molecule has 1 aromatic rings. The van der Waals surface area contributed by atoms with E-state index >= 15 is 0 Å². The second kappa shape index (κ2) is 6.77. The maximum atomic E-state index is 11.6. The van der Waals surface area contributed by atoms with E-state index in [1.54, 1.807) is 0 Å². The van der Waals surface area contributed by atoms with E-state index < -0.39 is 0 Å². The molecule has 0 saturated carbocycles. The van der Waals surface area contributed by atoms with Crippen LogP contribution in [-0.2, 0) is 9.53 Å². The van der Waals surface area contributed by atoms with E-state index in [-0.39, 0.29) is 30.5 Å². The number of anilines is 1. The largest absolute Gasteiger partial charge is 0.377 e. The van der Waals surface area contributed by atoms with Crippen LogP contribution in [0.4, 0.5) is 5.82 Å². The maximum Gasteiger partial charge on any atom is 0.264 e. The number of H-pyrrole nitrogens is 1. The number of nitrogens with one attached hydrogen (secondary N) is 2. The van der Waals surface area contributed by atoms with Gasteiger partial charge in [-0.2, -0.15) is 5.10 Å². The zero-order chi connectivity index (χ0) is 12.7. The summed E-state index contributed by atoms with van der Waals surface area (Å²) >= 11 is 0. The molecule has 1 aromatic heterocycles. The minimum Gasteiger partial charge on any atom is -0.377 e. The molecule has 0 fully saturated rings. The number of carbonyl (C=O) groups excluding carboxylic acids is 1. The van der Waals surface area contributed by atoms with Gasteiger partial charge in [0.2, 0.25) is 5.91 Å². The van der Waals surface area contributed by atoms with Crippen molar-refractivity contribution in [2.45, 2.75) is 19.4 Å². The lowest BCUT2D eigenvalue weighted by Crippen LogP contribution is -2.29. The Hall–Kier alpha value is -1.73. The van der Waals surface area contributed by atoms with Gasteiger partial charge in [0.1, 0.15) is 0 Å². The summed E-state index contributed by atoms with van der Waals surface area (Å²) in [5.74, 6) is 0.0373. The SMILES string of the molecule is CCOC(CN)CC(=O)Nc1ccc(=O)[nH]n1. The molecule has 1 rings (SSSR count). The fourth-order valence-corrected chi connectivity index (χ4v) is 1.26. The molecule has 0 saturated heterocycles. The first kappa shape index (κ1) is 13.3. The van der Waals surface area contributed by atoms with Crippen LogP contribution in [0.5, 0.6) is 0 Å². The van der Waals surface area contributed by atoms with Crippen molar-refractivity contribution in [2.75, 3.05) is 18.5 Å². The standard InChI is InChI=1S/C10H16N4O3/c1-2-17-7(6-11)5-10(16)12-8-3-4-9(15)14-13-8/h3-4,7H,2,5-6,11H2,1H3,(H,14,15)(H,12,13,16). The lowest BCUT2D eigenvalue weighted by Gasteiger charge is -2.13. The Morgan fingerprint density at radius 1 is 1.65 bits per heavy atom. The maximum absolute atomic E-state index is 11.6. The number of rotatable bonds is 6. The Labute approximate surface area is 98.4 Å². The molecule has 0 radical (unpaired) electrons. The van der Waals surface area contributed by atoms with E-state index in [2.05, 4.69) is 15.5 Å². The predicted octanol–water partition coefficient (Wildman–Crippen LogP) is -0.538. The molecule has 7 nitrogen and oxygen atoms in total. The van der Waals surface area contributed by atoms with Gasteiger partial charge in [0.15, 0.2) is 5.82 Å². The predicted molar refractivity (Wildman–Crippen MR) is 62.6 cm³/mol. The summed E-state index contributed by atoms with van der Waals surface area (Å²) in [5, 5.41) is 8.41. The quantitative estimate of drug-likeness (QED) is 0.618. The van der Waals surface area contributed by atoms with Gasteiger partial charge in [0.05, 0.1) is 12.5 Å². The molecule has 94 valence electrons. The van der Waals surface area contributed by atoms with Gasteiger partial charge in [-0.05, 0) is 13.0 Å². The molecule has 0 aliphatic heterocycles. The van der Waals surface area contributed by atoms with Gasteiger partial charge in [-0.15, -0.1) is 0 Å². The fourth-order valence-electron chi connectivity index (χ4n) is 1.26. The molecule has 7 heteroatoms. The summed E-state index contributed by atoms with van der Waals surface area (Å²) in [6, 6.07) is 2.71. The smallest absolute Gasteiger partial charge is 0.264 e. The molecule has 0 aliphatic carbocycles. The van der Waals surface area contributed by atoms with Crippen LogP contribution in [0.2, 0.25) is 0 Å². The van der Waals surface area contributed by atoms with Crippen molar-refractivity contribution < 1.29 is 9.53 Å². The first-order valence-corrected chi connectivity index (χ1v) is 5.33. The summed E-state index contributed by atoms with van der Waals surface area (Å²) in [6.07, 6.45) is -0.145. The number of aromatic nitrogens is 2. The van der Waals surface area contributed by atoms with Gasteiger partial charge in [-0.3, -0.25) is 9.59 Å². The van der Waals surface area contributed by atoms with E-state index in [9.17, 15) is 9.59 Å². The van der Waals surface area contributed by atoms with E-state index in [1.807, 2.05) is 6.92 Å². The summed E-state index contributed by atoms with van der Waals surface area (Å²) in [5.41, 5.74) is 5.13. The fraction of sp³-hybridized carbons (Fsp3) is 0.500. The number of aromatic amines is 1. The zero-order valence-corrected chi connectivity index (χ0v) is 9.60. The Morgan fingerprint density at radius 2 is 2.41 bits per heavy atom. The first-order chi connectivity index (χ1) is 8.15. The van der Waals surface area contributed by atoms with E-state index in [0.717, 1.165) is 0 Å². The van der Waals surface area contributed by atoms with Crippen molar-refractivity contribution in [3.8, 4) is 0 Å². The Kier molecular flexibility index (Phi) is 5.31. The first-order valence-electron chi connectivity index (χ1n) is 5.33. The highest BCUT2D eigenvalue weighted by Crippen LogP contribution is 2.01. The van der Waals surface area contributed by atoms with E-state index in [1.165, 1.54) is 12.1 Å². The molecule has 0 bridgehead atoms. The second-order valence-electron chi connectivity index (χ2n) is 3.37. The number of amides is 1. The highest BCUT2D eigenvalue weighted by Gasteiger charge is 2.12. The molecule has 0 spiro atoms. The van der Waals surface area contributed by atoms with Crippen LogP contribution in [0.15, 0.2) is 16.9 Å². The highest BCUT2D eigenvalue weighted by atomic mass is 16.5. The van der Waals surface area contributed by atoms with Crippen molar-refractivity contribution in [1.82, 2.24) is 10.2 Å². The monoisotopic (exact) mass is 240 g/mol. The number of ether oxygens (including phenoxy) is 1. The lowest BCUT2D eigenvalue weighted by atomic mass is 10.2. The highest BCUT2D eigenvalue weighted by molar-refractivity contribution is 5.89. The molecule has 4 N–H and O–H groups in total. The van der Waals surface area contributed by atoms with Crippen molar-refractivity contribution in [3.63, 3.8) is 0 Å². The van der Waals surface area contributed by atoms with Crippen LogP contribution < -0.4 is 16.6 Å². The third kappa shape index (κ3) is 4.75. The van der Waals surface area contributed by atoms with Crippen LogP contribution in [0.3, 0.4) is 0 Å². The Morgan fingerprint density at radius 3 is 2.94 bits per heavy atom. The average Bonchev–Trinajstić information content (AvgIpc) is 2.31. The summed E-state index contributed by atoms with van der Waals surface area (Å²) in [4.78, 5) is 22.3. The summed E-state index contributed by atoms with van der Waals surface area (Å²) in [6.45, 7) is 2.62. The van der Waals surface area contributed by atoms with E-state index in [0.29, 0.717) is 12.4 Å². The molecule has 0 aliphatic rings. The minimum absolute atomic E-state index is 0.158. The number of hydrogen-bond acceptors (Lipinski definition) is 5. The molecular weight excluding hydrogens is 224 g/mol. The molecular formula is C10H16N4O3. The lowest BCUT2D eigenvalue weighted by molar-refractivity contribution is -0.118. The molecule has 1 heterocycles. The van der Waals surface area contributed by atoms with Gasteiger partial charge >= 0.3 is 0 Å².